The molecule has 0 unspecified atom stereocenters. The highest BCUT2D eigenvalue weighted by Crippen LogP contribution is 2.47. The van der Waals surface area contributed by atoms with Crippen LogP contribution < -0.4 is 10.1 Å². The summed E-state index contributed by atoms with van der Waals surface area (Å²) >= 11 is 0. The van der Waals surface area contributed by atoms with E-state index >= 15 is 0 Å². The minimum atomic E-state index is -0.821. The Hall–Kier alpha value is -2.04. The first-order chi connectivity index (χ1) is 10.6. The van der Waals surface area contributed by atoms with E-state index in [0.29, 0.717) is 32.5 Å². The molecule has 0 spiro atoms. The third-order valence-corrected chi connectivity index (χ3v) is 4.26. The van der Waals surface area contributed by atoms with Crippen molar-refractivity contribution < 1.29 is 14.3 Å². The average Bonchev–Trinajstić information content (AvgIpc) is 3.36. The van der Waals surface area contributed by atoms with E-state index in [4.69, 9.17) is 4.74 Å². The van der Waals surface area contributed by atoms with Crippen LogP contribution in [0.15, 0.2) is 24.3 Å². The molecule has 0 aromatic heterocycles. The van der Waals surface area contributed by atoms with Crippen molar-refractivity contribution in [2.75, 3.05) is 20.2 Å². The van der Waals surface area contributed by atoms with Gasteiger partial charge < -0.3 is 15.0 Å². The van der Waals surface area contributed by atoms with Gasteiger partial charge in [0.2, 0.25) is 11.8 Å². The van der Waals surface area contributed by atoms with Crippen LogP contribution >= 0.6 is 0 Å². The molecule has 0 aliphatic heterocycles. The maximum atomic E-state index is 12.5. The van der Waals surface area contributed by atoms with E-state index in [2.05, 4.69) is 5.32 Å². The Morgan fingerprint density at radius 2 is 1.77 bits per heavy atom. The molecule has 0 atom stereocenters. The third-order valence-electron chi connectivity index (χ3n) is 4.26. The summed E-state index contributed by atoms with van der Waals surface area (Å²) in [6, 6.07) is 7.53. The highest BCUT2D eigenvalue weighted by atomic mass is 16.5. The number of rotatable bonds is 7. The first-order valence-corrected chi connectivity index (χ1v) is 7.78. The summed E-state index contributed by atoms with van der Waals surface area (Å²) in [6.45, 7) is 5.58. The summed E-state index contributed by atoms with van der Waals surface area (Å²) in [5.74, 6) is 0.593. The van der Waals surface area contributed by atoms with Crippen molar-refractivity contribution in [3.8, 4) is 5.75 Å². The van der Waals surface area contributed by atoms with Gasteiger partial charge in [0, 0.05) is 19.6 Å². The van der Waals surface area contributed by atoms with Crippen LogP contribution in [0.25, 0.3) is 0 Å². The van der Waals surface area contributed by atoms with Crippen molar-refractivity contribution in [1.29, 1.82) is 0 Å². The number of methoxy groups -OCH3 is 1. The van der Waals surface area contributed by atoms with Gasteiger partial charge >= 0.3 is 0 Å². The van der Waals surface area contributed by atoms with E-state index in [1.807, 2.05) is 38.1 Å². The van der Waals surface area contributed by atoms with Gasteiger partial charge in [0.1, 0.15) is 11.2 Å². The molecule has 5 heteroatoms. The summed E-state index contributed by atoms with van der Waals surface area (Å²) in [4.78, 5) is 26.6. The second-order valence-electron chi connectivity index (χ2n) is 5.59. The van der Waals surface area contributed by atoms with Crippen molar-refractivity contribution in [3.05, 3.63) is 29.8 Å². The minimum absolute atomic E-state index is 0.0373. The van der Waals surface area contributed by atoms with Crippen molar-refractivity contribution in [3.63, 3.8) is 0 Å². The van der Waals surface area contributed by atoms with Gasteiger partial charge in [-0.3, -0.25) is 9.59 Å². The number of amides is 2. The summed E-state index contributed by atoms with van der Waals surface area (Å²) in [6.07, 6.45) is 1.30. The lowest BCUT2D eigenvalue weighted by Gasteiger charge is -2.24. The molecule has 0 heterocycles. The van der Waals surface area contributed by atoms with Crippen LogP contribution in [0.1, 0.15) is 32.3 Å². The Balaban J connectivity index is 1.95. The zero-order chi connectivity index (χ0) is 16.2. The van der Waals surface area contributed by atoms with Gasteiger partial charge in [-0.05, 0) is 44.4 Å². The lowest BCUT2D eigenvalue weighted by molar-refractivity contribution is -0.144. The zero-order valence-electron chi connectivity index (χ0n) is 13.5. The van der Waals surface area contributed by atoms with Crippen molar-refractivity contribution in [2.45, 2.75) is 33.2 Å². The van der Waals surface area contributed by atoms with E-state index < -0.39 is 5.41 Å². The number of ether oxygens (including phenoxy) is 1. The molecule has 1 aliphatic carbocycles. The molecule has 1 saturated carbocycles. The third kappa shape index (κ3) is 3.24. The molecule has 1 N–H and O–H groups in total. The molecule has 2 rings (SSSR count). The highest BCUT2D eigenvalue weighted by Gasteiger charge is 2.57. The van der Waals surface area contributed by atoms with E-state index in [9.17, 15) is 9.59 Å². The van der Waals surface area contributed by atoms with Crippen LogP contribution in [-0.2, 0) is 16.1 Å². The molecule has 1 aromatic rings. The Bertz CT molecular complexity index is 531. The van der Waals surface area contributed by atoms with Gasteiger partial charge in [0.05, 0.1) is 7.11 Å². The number of hydrogen-bond acceptors (Lipinski definition) is 3. The van der Waals surface area contributed by atoms with Crippen molar-refractivity contribution in [2.24, 2.45) is 5.41 Å². The summed E-state index contributed by atoms with van der Waals surface area (Å²) in [5.41, 5.74) is 0.165. The van der Waals surface area contributed by atoms with Crippen LogP contribution in [-0.4, -0.2) is 36.9 Å². The number of carbonyl (C=O) groups is 2. The van der Waals surface area contributed by atoms with Gasteiger partial charge in [0.15, 0.2) is 0 Å². The van der Waals surface area contributed by atoms with Gasteiger partial charge in [-0.1, -0.05) is 12.1 Å². The van der Waals surface area contributed by atoms with Crippen LogP contribution in [0.5, 0.6) is 5.75 Å². The van der Waals surface area contributed by atoms with Gasteiger partial charge in [-0.15, -0.1) is 0 Å². The van der Waals surface area contributed by atoms with E-state index in [1.54, 1.807) is 12.0 Å². The van der Waals surface area contributed by atoms with E-state index in [1.165, 1.54) is 0 Å². The standard InChI is InChI=1S/C17H24N2O3/c1-4-19(5-2)16(21)17(10-11-17)15(20)18-12-13-6-8-14(22-3)9-7-13/h6-9H,4-5,10-12H2,1-3H3,(H,18,20). The molecule has 2 amide bonds. The highest BCUT2D eigenvalue weighted by molar-refractivity contribution is 6.07. The normalized spacial score (nSPS) is 15.0. The van der Waals surface area contributed by atoms with Crippen LogP contribution in [0, 0.1) is 5.41 Å². The second-order valence-corrected chi connectivity index (χ2v) is 5.59. The zero-order valence-corrected chi connectivity index (χ0v) is 13.5. The molecular formula is C17H24N2O3. The predicted octanol–water partition coefficient (Wildman–Crippen LogP) is 1.96. The van der Waals surface area contributed by atoms with Crippen LogP contribution in [0.3, 0.4) is 0 Å². The topological polar surface area (TPSA) is 58.6 Å². The Labute approximate surface area is 131 Å². The molecule has 0 radical (unpaired) electrons. The van der Waals surface area contributed by atoms with Crippen LogP contribution in [0.2, 0.25) is 0 Å². The van der Waals surface area contributed by atoms with E-state index in [0.717, 1.165) is 11.3 Å². The van der Waals surface area contributed by atoms with Crippen molar-refractivity contribution >= 4 is 11.8 Å². The summed E-state index contributed by atoms with van der Waals surface area (Å²) in [7, 11) is 1.62. The molecule has 0 bridgehead atoms. The summed E-state index contributed by atoms with van der Waals surface area (Å²) in [5, 5.41) is 2.90. The SMILES string of the molecule is CCN(CC)C(=O)C1(C(=O)NCc2ccc(OC)cc2)CC1. The summed E-state index contributed by atoms with van der Waals surface area (Å²) < 4.78 is 5.10. The number of nitrogens with one attached hydrogen (secondary N) is 1. The molecule has 1 aliphatic rings. The van der Waals surface area contributed by atoms with Gasteiger partial charge in [0.25, 0.3) is 0 Å². The van der Waals surface area contributed by atoms with Gasteiger partial charge in [-0.25, -0.2) is 0 Å². The predicted molar refractivity (Wildman–Crippen MR) is 84.4 cm³/mol. The fourth-order valence-corrected chi connectivity index (χ4v) is 2.57. The Morgan fingerprint density at radius 3 is 2.23 bits per heavy atom. The lowest BCUT2D eigenvalue weighted by atomic mass is 10.0. The number of nitrogens with zero attached hydrogens (tertiary/aromatic N) is 1. The second kappa shape index (κ2) is 6.81. The lowest BCUT2D eigenvalue weighted by Crippen LogP contribution is -2.45. The smallest absolute Gasteiger partial charge is 0.238 e. The number of carbonyl (C=O) groups excluding carboxylic acids is 2. The molecule has 1 aromatic carbocycles. The van der Waals surface area contributed by atoms with Gasteiger partial charge in [-0.2, -0.15) is 0 Å². The molecule has 22 heavy (non-hydrogen) atoms. The first kappa shape index (κ1) is 16.3. The number of hydrogen-bond donors (Lipinski definition) is 1. The fourth-order valence-electron chi connectivity index (χ4n) is 2.57. The quantitative estimate of drug-likeness (QED) is 0.783. The average molecular weight is 304 g/mol. The minimum Gasteiger partial charge on any atom is -0.497 e. The largest absolute Gasteiger partial charge is 0.497 e. The maximum absolute atomic E-state index is 12.5. The number of benzene rings is 1. The maximum Gasteiger partial charge on any atom is 0.238 e. The monoisotopic (exact) mass is 304 g/mol. The molecule has 1 fully saturated rings. The van der Waals surface area contributed by atoms with Crippen LogP contribution in [0.4, 0.5) is 0 Å². The molecule has 120 valence electrons. The first-order valence-electron chi connectivity index (χ1n) is 7.78. The van der Waals surface area contributed by atoms with E-state index in [-0.39, 0.29) is 11.8 Å². The van der Waals surface area contributed by atoms with Crippen molar-refractivity contribution in [1.82, 2.24) is 10.2 Å². The Kier molecular flexibility index (Phi) is 5.06. The molecule has 5 nitrogen and oxygen atoms in total. The molecule has 0 saturated heterocycles. The Morgan fingerprint density at radius 1 is 1.18 bits per heavy atom. The molecular weight excluding hydrogens is 280 g/mol. The fraction of sp³-hybridized carbons (Fsp3) is 0.529.